The van der Waals surface area contributed by atoms with E-state index >= 15 is 0 Å². The number of piperidine rings is 1. The molecule has 0 spiro atoms. The molecule has 0 atom stereocenters. The number of hydrogen-bond acceptors (Lipinski definition) is 5. The van der Waals surface area contributed by atoms with Gasteiger partial charge in [0, 0.05) is 35.8 Å². The first-order valence-corrected chi connectivity index (χ1v) is 13.2. The molecule has 1 aliphatic heterocycles. The number of carbonyl (C=O) groups excluding carboxylic acids is 2. The van der Waals surface area contributed by atoms with E-state index in [2.05, 4.69) is 10.2 Å². The van der Waals surface area contributed by atoms with Gasteiger partial charge in [-0.05, 0) is 31.9 Å². The summed E-state index contributed by atoms with van der Waals surface area (Å²) in [5, 5.41) is 9.55. The monoisotopic (exact) mass is 496 g/mol. The third-order valence-corrected chi connectivity index (χ3v) is 7.47. The smallest absolute Gasteiger partial charge is 0.233 e. The number of Topliss-reactive ketones (excluding diaryl/α,β-unsaturated/α-hetero) is 1. The van der Waals surface area contributed by atoms with Gasteiger partial charge in [-0.2, -0.15) is 0 Å². The molecule has 4 aromatic rings. The van der Waals surface area contributed by atoms with Gasteiger partial charge in [-0.25, -0.2) is 0 Å². The number of likely N-dealkylation sites (tertiary alicyclic amines) is 1. The van der Waals surface area contributed by atoms with Crippen molar-refractivity contribution in [2.75, 3.05) is 18.8 Å². The Bertz CT molecular complexity index is 1330. The third-order valence-electron chi connectivity index (χ3n) is 6.56. The molecule has 36 heavy (non-hydrogen) atoms. The van der Waals surface area contributed by atoms with E-state index < -0.39 is 0 Å². The van der Waals surface area contributed by atoms with Crippen LogP contribution in [0.5, 0.6) is 0 Å². The Labute approximate surface area is 215 Å². The summed E-state index contributed by atoms with van der Waals surface area (Å²) in [4.78, 5) is 27.8. The molecule has 182 valence electrons. The van der Waals surface area contributed by atoms with Crippen LogP contribution in [-0.4, -0.2) is 50.2 Å². The van der Waals surface area contributed by atoms with Gasteiger partial charge < -0.3 is 4.90 Å². The van der Waals surface area contributed by atoms with Crippen molar-refractivity contribution in [2.24, 2.45) is 5.92 Å². The zero-order chi connectivity index (χ0) is 24.9. The van der Waals surface area contributed by atoms with Crippen LogP contribution in [0, 0.1) is 12.8 Å². The van der Waals surface area contributed by atoms with E-state index in [4.69, 9.17) is 0 Å². The summed E-state index contributed by atoms with van der Waals surface area (Å²) in [5.41, 5.74) is 3.82. The number of hydrogen-bond donors (Lipinski definition) is 0. The molecule has 0 bridgehead atoms. The average molecular weight is 497 g/mol. The van der Waals surface area contributed by atoms with Crippen molar-refractivity contribution >= 4 is 23.5 Å². The lowest BCUT2D eigenvalue weighted by molar-refractivity contribution is -0.129. The van der Waals surface area contributed by atoms with Crippen molar-refractivity contribution in [3.63, 3.8) is 0 Å². The Morgan fingerprint density at radius 1 is 0.861 bits per heavy atom. The van der Waals surface area contributed by atoms with Crippen LogP contribution >= 0.6 is 11.8 Å². The molecular weight excluding hydrogens is 468 g/mol. The molecule has 5 rings (SSSR count). The van der Waals surface area contributed by atoms with Crippen LogP contribution in [-0.2, 0) is 4.79 Å². The maximum absolute atomic E-state index is 13.0. The van der Waals surface area contributed by atoms with Crippen LogP contribution < -0.4 is 0 Å². The fourth-order valence-corrected chi connectivity index (χ4v) is 5.36. The maximum atomic E-state index is 13.0. The predicted octanol–water partition coefficient (Wildman–Crippen LogP) is 5.46. The van der Waals surface area contributed by atoms with Crippen molar-refractivity contribution in [3.8, 4) is 17.1 Å². The Morgan fingerprint density at radius 3 is 2.17 bits per heavy atom. The number of para-hydroxylation sites is 1. The lowest BCUT2D eigenvalue weighted by Crippen LogP contribution is -2.41. The van der Waals surface area contributed by atoms with Gasteiger partial charge in [0.15, 0.2) is 16.8 Å². The van der Waals surface area contributed by atoms with Crippen molar-refractivity contribution < 1.29 is 9.59 Å². The third kappa shape index (κ3) is 5.26. The summed E-state index contributed by atoms with van der Waals surface area (Å²) < 4.78 is 2.00. The molecule has 1 aromatic heterocycles. The quantitative estimate of drug-likeness (QED) is 0.251. The van der Waals surface area contributed by atoms with Crippen LogP contribution in [0.25, 0.3) is 17.1 Å². The minimum Gasteiger partial charge on any atom is -0.342 e. The normalized spacial score (nSPS) is 14.1. The molecule has 0 saturated carbocycles. The molecule has 1 amide bonds. The fourth-order valence-electron chi connectivity index (χ4n) is 4.51. The first kappa shape index (κ1) is 24.0. The summed E-state index contributed by atoms with van der Waals surface area (Å²) in [5.74, 6) is 1.23. The first-order valence-electron chi connectivity index (χ1n) is 12.2. The summed E-state index contributed by atoms with van der Waals surface area (Å²) in [6.45, 7) is 3.21. The fraction of sp³-hybridized carbons (Fsp3) is 0.241. The van der Waals surface area contributed by atoms with Crippen molar-refractivity contribution in [3.05, 3.63) is 96.1 Å². The number of aryl methyl sites for hydroxylation is 1. The molecule has 6 nitrogen and oxygen atoms in total. The number of thioether (sulfide) groups is 1. The van der Waals surface area contributed by atoms with Crippen LogP contribution in [0.15, 0.2) is 90.1 Å². The number of carbonyl (C=O) groups is 2. The van der Waals surface area contributed by atoms with Gasteiger partial charge in [-0.3, -0.25) is 14.2 Å². The van der Waals surface area contributed by atoms with Gasteiger partial charge in [0.05, 0.1) is 5.75 Å². The van der Waals surface area contributed by atoms with Crippen LogP contribution in [0.4, 0.5) is 0 Å². The van der Waals surface area contributed by atoms with E-state index in [1.54, 1.807) is 0 Å². The second-order valence-electron chi connectivity index (χ2n) is 9.02. The summed E-state index contributed by atoms with van der Waals surface area (Å²) in [6.07, 6.45) is 1.39. The molecule has 0 N–H and O–H groups in total. The minimum atomic E-state index is -0.0287. The molecule has 1 aliphatic rings. The molecule has 3 aromatic carbocycles. The number of benzene rings is 3. The van der Waals surface area contributed by atoms with Crippen molar-refractivity contribution in [1.29, 1.82) is 0 Å². The highest BCUT2D eigenvalue weighted by molar-refractivity contribution is 7.99. The minimum absolute atomic E-state index is 0.0287. The highest BCUT2D eigenvalue weighted by Crippen LogP contribution is 2.29. The standard InChI is InChI=1S/C29H28N4O2S/c1-21-12-14-22(15-13-21)27(35)23-16-18-32(19-17-23)26(34)20-36-29-31-30-28(24-8-4-2-5-9-24)33(29)25-10-6-3-7-11-25/h2-15,23H,16-20H2,1H3. The molecule has 0 unspecified atom stereocenters. The van der Waals surface area contributed by atoms with E-state index in [9.17, 15) is 9.59 Å². The highest BCUT2D eigenvalue weighted by Gasteiger charge is 2.28. The van der Waals surface area contributed by atoms with Gasteiger partial charge in [-0.15, -0.1) is 10.2 Å². The number of nitrogens with zero attached hydrogens (tertiary/aromatic N) is 4. The average Bonchev–Trinajstić information content (AvgIpc) is 3.37. The van der Waals surface area contributed by atoms with Crippen LogP contribution in [0.1, 0.15) is 28.8 Å². The molecule has 0 aliphatic carbocycles. The number of aromatic nitrogens is 3. The molecule has 1 fully saturated rings. The summed E-state index contributed by atoms with van der Waals surface area (Å²) in [7, 11) is 0. The maximum Gasteiger partial charge on any atom is 0.233 e. The van der Waals surface area contributed by atoms with E-state index in [0.717, 1.165) is 28.2 Å². The number of amides is 1. The van der Waals surface area contributed by atoms with Crippen LogP contribution in [0.2, 0.25) is 0 Å². The van der Waals surface area contributed by atoms with E-state index in [-0.39, 0.29) is 23.4 Å². The number of ketones is 1. The van der Waals surface area contributed by atoms with Gasteiger partial charge in [0.1, 0.15) is 0 Å². The van der Waals surface area contributed by atoms with Gasteiger partial charge in [-0.1, -0.05) is 90.1 Å². The lowest BCUT2D eigenvalue weighted by atomic mass is 9.88. The van der Waals surface area contributed by atoms with Gasteiger partial charge >= 0.3 is 0 Å². The van der Waals surface area contributed by atoms with E-state index in [0.29, 0.717) is 31.1 Å². The summed E-state index contributed by atoms with van der Waals surface area (Å²) in [6, 6.07) is 27.6. The molecular formula is C29H28N4O2S. The largest absolute Gasteiger partial charge is 0.342 e. The Morgan fingerprint density at radius 2 is 1.50 bits per heavy atom. The molecule has 1 saturated heterocycles. The second-order valence-corrected chi connectivity index (χ2v) is 9.96. The summed E-state index contributed by atoms with van der Waals surface area (Å²) >= 11 is 1.40. The predicted molar refractivity (Wildman–Crippen MR) is 142 cm³/mol. The van der Waals surface area contributed by atoms with E-state index in [1.807, 2.05) is 101 Å². The van der Waals surface area contributed by atoms with Gasteiger partial charge in [0.25, 0.3) is 0 Å². The van der Waals surface area contributed by atoms with Crippen molar-refractivity contribution in [1.82, 2.24) is 19.7 Å². The zero-order valence-electron chi connectivity index (χ0n) is 20.2. The zero-order valence-corrected chi connectivity index (χ0v) is 21.0. The first-order chi connectivity index (χ1) is 17.6. The van der Waals surface area contributed by atoms with Crippen LogP contribution in [0.3, 0.4) is 0 Å². The Balaban J connectivity index is 1.24. The van der Waals surface area contributed by atoms with E-state index in [1.165, 1.54) is 11.8 Å². The SMILES string of the molecule is Cc1ccc(C(=O)C2CCN(C(=O)CSc3nnc(-c4ccccc4)n3-c3ccccc3)CC2)cc1. The Kier molecular flexibility index (Phi) is 7.28. The molecule has 0 radical (unpaired) electrons. The van der Waals surface area contributed by atoms with Crippen molar-refractivity contribution in [2.45, 2.75) is 24.9 Å². The molecule has 7 heteroatoms. The van der Waals surface area contributed by atoms with Gasteiger partial charge in [0.2, 0.25) is 5.91 Å². The molecule has 2 heterocycles. The number of rotatable bonds is 7. The topological polar surface area (TPSA) is 68.1 Å². The second kappa shape index (κ2) is 10.9. The lowest BCUT2D eigenvalue weighted by Gasteiger charge is -2.31. The Hall–Kier alpha value is -3.71. The highest BCUT2D eigenvalue weighted by atomic mass is 32.2.